The fourth-order valence-corrected chi connectivity index (χ4v) is 2.03. The maximum Gasteiger partial charge on any atom is 0.109 e. The van der Waals surface area contributed by atoms with Crippen LogP contribution in [0.1, 0.15) is 90.9 Å². The monoisotopic (exact) mass is 250 g/mol. The first-order valence-corrected chi connectivity index (χ1v) is 7.31. The molecule has 1 aromatic heterocycles. The predicted molar refractivity (Wildman–Crippen MR) is 79.2 cm³/mol. The fourth-order valence-electron chi connectivity index (χ4n) is 2.03. The smallest absolute Gasteiger partial charge is 0.109 e. The lowest BCUT2D eigenvalue weighted by atomic mass is 9.81. The minimum atomic E-state index is 0.155. The molecule has 18 heavy (non-hydrogen) atoms. The van der Waals surface area contributed by atoms with Crippen molar-refractivity contribution in [3.8, 4) is 0 Å². The number of aromatic nitrogens is 2. The van der Waals surface area contributed by atoms with Crippen LogP contribution in [0, 0.1) is 5.92 Å². The maximum absolute atomic E-state index is 4.90. The zero-order valence-electron chi connectivity index (χ0n) is 13.4. The van der Waals surface area contributed by atoms with Crippen molar-refractivity contribution in [2.75, 3.05) is 0 Å². The van der Waals surface area contributed by atoms with Gasteiger partial charge in [0.15, 0.2) is 0 Å². The lowest BCUT2D eigenvalue weighted by molar-refractivity contribution is 0.462. The SMILES string of the molecule is CCC(C)(C)c1nc(C(C)C)[nH]c1C(C)C(C)C. The Morgan fingerprint density at radius 1 is 1.11 bits per heavy atom. The summed E-state index contributed by atoms with van der Waals surface area (Å²) in [5, 5.41) is 0. The molecule has 0 saturated carbocycles. The Labute approximate surface area is 113 Å². The molecule has 0 aliphatic rings. The summed E-state index contributed by atoms with van der Waals surface area (Å²) in [6.45, 7) is 18.1. The van der Waals surface area contributed by atoms with Crippen LogP contribution in [0.4, 0.5) is 0 Å². The Morgan fingerprint density at radius 2 is 1.67 bits per heavy atom. The van der Waals surface area contributed by atoms with E-state index in [9.17, 15) is 0 Å². The molecule has 1 aromatic rings. The molecule has 0 fully saturated rings. The van der Waals surface area contributed by atoms with Crippen molar-refractivity contribution in [3.63, 3.8) is 0 Å². The zero-order valence-corrected chi connectivity index (χ0v) is 13.4. The highest BCUT2D eigenvalue weighted by molar-refractivity contribution is 5.27. The second kappa shape index (κ2) is 5.46. The third-order valence-electron chi connectivity index (χ3n) is 4.28. The van der Waals surface area contributed by atoms with E-state index in [1.165, 1.54) is 11.4 Å². The molecule has 2 heteroatoms. The number of aromatic amines is 1. The summed E-state index contributed by atoms with van der Waals surface area (Å²) in [5.41, 5.74) is 2.78. The van der Waals surface area contributed by atoms with Crippen molar-refractivity contribution in [2.45, 2.75) is 79.1 Å². The molecule has 2 nitrogen and oxygen atoms in total. The van der Waals surface area contributed by atoms with Crippen LogP contribution in [0.5, 0.6) is 0 Å². The van der Waals surface area contributed by atoms with Gasteiger partial charge in [-0.05, 0) is 12.3 Å². The van der Waals surface area contributed by atoms with E-state index < -0.39 is 0 Å². The summed E-state index contributed by atoms with van der Waals surface area (Å²) >= 11 is 0. The summed E-state index contributed by atoms with van der Waals surface area (Å²) in [5.74, 6) is 2.77. The third kappa shape index (κ3) is 2.96. The average Bonchev–Trinajstić information content (AvgIpc) is 2.73. The van der Waals surface area contributed by atoms with E-state index in [0.717, 1.165) is 12.2 Å². The van der Waals surface area contributed by atoms with Gasteiger partial charge < -0.3 is 4.98 Å². The molecule has 1 unspecified atom stereocenters. The number of nitrogens with one attached hydrogen (secondary N) is 1. The van der Waals surface area contributed by atoms with Crippen molar-refractivity contribution < 1.29 is 0 Å². The van der Waals surface area contributed by atoms with Crippen molar-refractivity contribution in [2.24, 2.45) is 5.92 Å². The average molecular weight is 250 g/mol. The molecule has 0 aromatic carbocycles. The maximum atomic E-state index is 4.90. The highest BCUT2D eigenvalue weighted by Gasteiger charge is 2.29. The molecular formula is C16H30N2. The lowest BCUT2D eigenvalue weighted by Gasteiger charge is -2.25. The van der Waals surface area contributed by atoms with Crippen molar-refractivity contribution in [1.29, 1.82) is 0 Å². The van der Waals surface area contributed by atoms with Gasteiger partial charge in [0.1, 0.15) is 5.82 Å². The van der Waals surface area contributed by atoms with Gasteiger partial charge in [-0.25, -0.2) is 4.98 Å². The number of H-pyrrole nitrogens is 1. The molecule has 0 saturated heterocycles. The molecule has 0 aliphatic heterocycles. The van der Waals surface area contributed by atoms with Gasteiger partial charge in [0.05, 0.1) is 5.69 Å². The minimum Gasteiger partial charge on any atom is -0.345 e. The largest absolute Gasteiger partial charge is 0.345 e. The molecule has 0 amide bonds. The van der Waals surface area contributed by atoms with Crippen LogP contribution < -0.4 is 0 Å². The zero-order chi connectivity index (χ0) is 14.1. The van der Waals surface area contributed by atoms with Crippen LogP contribution in [-0.4, -0.2) is 9.97 Å². The first-order valence-electron chi connectivity index (χ1n) is 7.31. The summed E-state index contributed by atoms with van der Waals surface area (Å²) in [4.78, 5) is 8.49. The lowest BCUT2D eigenvalue weighted by Crippen LogP contribution is -2.20. The van der Waals surface area contributed by atoms with E-state index in [2.05, 4.69) is 60.4 Å². The number of rotatable bonds is 5. The second-order valence-electron chi connectivity index (χ2n) is 6.81. The molecule has 1 atom stereocenters. The first-order chi connectivity index (χ1) is 8.20. The van der Waals surface area contributed by atoms with Gasteiger partial charge in [-0.2, -0.15) is 0 Å². The van der Waals surface area contributed by atoms with Crippen LogP contribution in [-0.2, 0) is 5.41 Å². The third-order valence-corrected chi connectivity index (χ3v) is 4.28. The van der Waals surface area contributed by atoms with Gasteiger partial charge in [-0.1, -0.05) is 55.4 Å². The van der Waals surface area contributed by atoms with Crippen LogP contribution in [0.25, 0.3) is 0 Å². The van der Waals surface area contributed by atoms with E-state index in [1.54, 1.807) is 0 Å². The quantitative estimate of drug-likeness (QED) is 0.784. The van der Waals surface area contributed by atoms with Gasteiger partial charge in [0.2, 0.25) is 0 Å². The van der Waals surface area contributed by atoms with Crippen LogP contribution in [0.2, 0.25) is 0 Å². The number of hydrogen-bond acceptors (Lipinski definition) is 1. The van der Waals surface area contributed by atoms with Gasteiger partial charge in [-0.3, -0.25) is 0 Å². The Kier molecular flexibility index (Phi) is 4.63. The summed E-state index contributed by atoms with van der Waals surface area (Å²) in [6.07, 6.45) is 1.12. The number of nitrogens with zero attached hydrogens (tertiary/aromatic N) is 1. The predicted octanol–water partition coefficient (Wildman–Crippen LogP) is 4.98. The highest BCUT2D eigenvalue weighted by Crippen LogP contribution is 2.35. The van der Waals surface area contributed by atoms with Crippen LogP contribution in [0.15, 0.2) is 0 Å². The number of imidazole rings is 1. The Hall–Kier alpha value is -0.790. The minimum absolute atomic E-state index is 0.155. The standard InChI is InChI=1S/C16H30N2/c1-9-16(7,8)14-13(12(6)10(2)3)17-15(18-14)11(4)5/h10-12H,9H2,1-8H3,(H,17,18). The molecule has 104 valence electrons. The van der Waals surface area contributed by atoms with Gasteiger partial charge >= 0.3 is 0 Å². The Bertz CT molecular complexity index is 386. The van der Waals surface area contributed by atoms with E-state index >= 15 is 0 Å². The molecule has 0 radical (unpaired) electrons. The Morgan fingerprint density at radius 3 is 2.06 bits per heavy atom. The van der Waals surface area contributed by atoms with E-state index in [4.69, 9.17) is 4.98 Å². The molecule has 0 aliphatic carbocycles. The fraction of sp³-hybridized carbons (Fsp3) is 0.812. The summed E-state index contributed by atoms with van der Waals surface area (Å²) in [6, 6.07) is 0. The second-order valence-corrected chi connectivity index (χ2v) is 6.81. The van der Waals surface area contributed by atoms with Crippen molar-refractivity contribution in [1.82, 2.24) is 9.97 Å². The molecule has 0 spiro atoms. The Balaban J connectivity index is 3.30. The van der Waals surface area contributed by atoms with Crippen LogP contribution in [0.3, 0.4) is 0 Å². The molecular weight excluding hydrogens is 220 g/mol. The van der Waals surface area contributed by atoms with E-state index in [-0.39, 0.29) is 5.41 Å². The summed E-state index contributed by atoms with van der Waals surface area (Å²) in [7, 11) is 0. The first kappa shape index (κ1) is 15.3. The van der Waals surface area contributed by atoms with Crippen molar-refractivity contribution >= 4 is 0 Å². The van der Waals surface area contributed by atoms with Gasteiger partial charge in [0, 0.05) is 22.9 Å². The molecule has 1 heterocycles. The van der Waals surface area contributed by atoms with E-state index in [0.29, 0.717) is 17.8 Å². The van der Waals surface area contributed by atoms with Crippen molar-refractivity contribution in [3.05, 3.63) is 17.2 Å². The van der Waals surface area contributed by atoms with Gasteiger partial charge in [0.25, 0.3) is 0 Å². The van der Waals surface area contributed by atoms with Crippen LogP contribution >= 0.6 is 0 Å². The molecule has 1 N–H and O–H groups in total. The molecule has 0 bridgehead atoms. The topological polar surface area (TPSA) is 28.7 Å². The van der Waals surface area contributed by atoms with E-state index in [1.807, 2.05) is 0 Å². The highest BCUT2D eigenvalue weighted by atomic mass is 15.0. The van der Waals surface area contributed by atoms with Gasteiger partial charge in [-0.15, -0.1) is 0 Å². The summed E-state index contributed by atoms with van der Waals surface area (Å²) < 4.78 is 0. The molecule has 1 rings (SSSR count). The number of hydrogen-bond donors (Lipinski definition) is 1. The normalized spacial score (nSPS) is 14.6.